The van der Waals surface area contributed by atoms with Gasteiger partial charge in [0.1, 0.15) is 19.3 Å². The summed E-state index contributed by atoms with van der Waals surface area (Å²) in [6.07, 6.45) is 68.1. The second kappa shape index (κ2) is 77.6. The van der Waals surface area contributed by atoms with Gasteiger partial charge < -0.3 is 33.8 Å². The van der Waals surface area contributed by atoms with Crippen LogP contribution in [0.25, 0.3) is 0 Å². The van der Waals surface area contributed by atoms with E-state index in [-0.39, 0.29) is 25.7 Å². The van der Waals surface area contributed by atoms with Crippen molar-refractivity contribution in [1.29, 1.82) is 0 Å². The molecule has 0 saturated carbocycles. The zero-order valence-electron chi connectivity index (χ0n) is 71.5. The van der Waals surface area contributed by atoms with E-state index < -0.39 is 97.5 Å². The smallest absolute Gasteiger partial charge is 0.462 e. The van der Waals surface area contributed by atoms with Crippen LogP contribution in [0.4, 0.5) is 0 Å². The molecule has 0 aliphatic rings. The number of esters is 4. The molecule has 0 aliphatic heterocycles. The van der Waals surface area contributed by atoms with E-state index >= 15 is 0 Å². The number of carbonyl (C=O) groups is 4. The minimum absolute atomic E-state index is 0.107. The Morgan fingerprint density at radius 2 is 0.444 bits per heavy atom. The standard InChI is InChI=1S/C89H174O17P2/c1-9-81(7)67-59-51-43-37-31-24-20-16-12-14-18-22-26-34-40-46-56-64-72-89(94)106-85(76-100-87(92)70-62-54-48-47-52-60-68-82(8)10-2)78-104-108(97,98)102-74-83(90)73-101-107(95,96)103-77-84(75-99-86(91)69-61-53-44-38-32-28-27-30-36-42-50-58-66-80(5)6)105-88(93)71-63-55-45-39-33-25-21-17-13-11-15-19-23-29-35-41-49-57-65-79(3)4/h79-85,90H,9-78H2,1-8H3,(H,95,96)(H,97,98)/t81?,82?,83-,84-,85-/m1/s1. The fraction of sp³-hybridized carbons (Fsp3) is 0.955. The lowest BCUT2D eigenvalue weighted by molar-refractivity contribution is -0.161. The van der Waals surface area contributed by atoms with E-state index in [1.54, 1.807) is 0 Å². The fourth-order valence-electron chi connectivity index (χ4n) is 13.8. The van der Waals surface area contributed by atoms with Crippen LogP contribution in [-0.2, 0) is 65.4 Å². The van der Waals surface area contributed by atoms with Gasteiger partial charge >= 0.3 is 39.5 Å². The highest BCUT2D eigenvalue weighted by molar-refractivity contribution is 7.47. The maximum absolute atomic E-state index is 13.2. The van der Waals surface area contributed by atoms with Gasteiger partial charge in [-0.3, -0.25) is 37.3 Å². The lowest BCUT2D eigenvalue weighted by Crippen LogP contribution is -2.30. The molecule has 108 heavy (non-hydrogen) atoms. The molecule has 17 nitrogen and oxygen atoms in total. The van der Waals surface area contributed by atoms with Crippen LogP contribution >= 0.6 is 15.6 Å². The van der Waals surface area contributed by atoms with Gasteiger partial charge in [0.15, 0.2) is 12.2 Å². The van der Waals surface area contributed by atoms with Gasteiger partial charge in [0.25, 0.3) is 0 Å². The second-order valence-corrected chi connectivity index (χ2v) is 36.3. The molecule has 19 heteroatoms. The predicted octanol–water partition coefficient (Wildman–Crippen LogP) is 27.1. The SMILES string of the molecule is CCC(C)CCCCCCCCCCCCCCCCCCCCC(=O)O[C@H](COC(=O)CCCCCCCCC(C)CC)COP(=O)(O)OC[C@H](O)COP(=O)(O)OC[C@@H](COC(=O)CCCCCCCCCCCCCCC(C)C)OC(=O)CCCCCCCCCCCCCCCCCCCCC(C)C. The molecule has 0 aliphatic carbocycles. The zero-order valence-corrected chi connectivity index (χ0v) is 73.3. The van der Waals surface area contributed by atoms with Crippen LogP contribution in [0.5, 0.6) is 0 Å². The number of rotatable bonds is 86. The molecule has 0 radical (unpaired) electrons. The highest BCUT2D eigenvalue weighted by Gasteiger charge is 2.31. The first-order valence-corrected chi connectivity index (χ1v) is 48.8. The van der Waals surface area contributed by atoms with Gasteiger partial charge in [-0.05, 0) is 49.4 Å². The molecule has 0 aromatic rings. The Labute approximate surface area is 664 Å². The number of carbonyl (C=O) groups excluding carboxylic acids is 4. The molecular weight excluding hydrogens is 1400 g/mol. The second-order valence-electron chi connectivity index (χ2n) is 33.4. The number of hydrogen-bond donors (Lipinski definition) is 3. The summed E-state index contributed by atoms with van der Waals surface area (Å²) < 4.78 is 69.0. The van der Waals surface area contributed by atoms with Crippen molar-refractivity contribution in [2.24, 2.45) is 23.7 Å². The number of hydrogen-bond acceptors (Lipinski definition) is 15. The van der Waals surface area contributed by atoms with Crippen LogP contribution in [-0.4, -0.2) is 96.7 Å². The summed E-state index contributed by atoms with van der Waals surface area (Å²) in [5.74, 6) is 1.10. The number of ether oxygens (including phenoxy) is 4. The van der Waals surface area contributed by atoms with Gasteiger partial charge in [0.05, 0.1) is 26.4 Å². The summed E-state index contributed by atoms with van der Waals surface area (Å²) in [4.78, 5) is 73.3. The van der Waals surface area contributed by atoms with Gasteiger partial charge in [-0.25, -0.2) is 9.13 Å². The van der Waals surface area contributed by atoms with Gasteiger partial charge in [-0.15, -0.1) is 0 Å². The lowest BCUT2D eigenvalue weighted by atomic mass is 9.99. The zero-order chi connectivity index (χ0) is 79.5. The highest BCUT2D eigenvalue weighted by Crippen LogP contribution is 2.45. The Balaban J connectivity index is 5.20. The maximum Gasteiger partial charge on any atom is 0.472 e. The van der Waals surface area contributed by atoms with E-state index in [1.807, 2.05) is 0 Å². The van der Waals surface area contributed by atoms with Crippen LogP contribution < -0.4 is 0 Å². The predicted molar refractivity (Wildman–Crippen MR) is 446 cm³/mol. The number of unbranched alkanes of at least 4 members (excludes halogenated alkanes) is 50. The Hall–Kier alpha value is -1.94. The molecule has 0 fully saturated rings. The average Bonchev–Trinajstić information content (AvgIpc) is 0.906. The topological polar surface area (TPSA) is 237 Å². The summed E-state index contributed by atoms with van der Waals surface area (Å²) in [7, 11) is -9.93. The normalized spacial score (nSPS) is 14.4. The first-order valence-electron chi connectivity index (χ1n) is 45.8. The molecule has 0 heterocycles. The largest absolute Gasteiger partial charge is 0.472 e. The third-order valence-corrected chi connectivity index (χ3v) is 23.4. The number of aliphatic hydroxyl groups excluding tert-OH is 1. The number of phosphoric acid groups is 2. The van der Waals surface area contributed by atoms with Crippen LogP contribution in [0.1, 0.15) is 466 Å². The molecule has 7 atom stereocenters. The van der Waals surface area contributed by atoms with Crippen molar-refractivity contribution in [3.05, 3.63) is 0 Å². The molecular formula is C89H174O17P2. The van der Waals surface area contributed by atoms with Gasteiger partial charge in [0, 0.05) is 25.7 Å². The van der Waals surface area contributed by atoms with E-state index in [0.717, 1.165) is 120 Å². The van der Waals surface area contributed by atoms with Crippen molar-refractivity contribution in [3.8, 4) is 0 Å². The molecule has 0 rings (SSSR count). The maximum atomic E-state index is 13.2. The summed E-state index contributed by atoms with van der Waals surface area (Å²) in [5, 5.41) is 10.7. The summed E-state index contributed by atoms with van der Waals surface area (Å²) in [5.41, 5.74) is 0. The quantitative estimate of drug-likeness (QED) is 0.0222. The van der Waals surface area contributed by atoms with E-state index in [9.17, 15) is 43.2 Å². The Morgan fingerprint density at radius 3 is 0.657 bits per heavy atom. The van der Waals surface area contributed by atoms with Crippen LogP contribution in [0, 0.1) is 23.7 Å². The van der Waals surface area contributed by atoms with Crippen molar-refractivity contribution in [2.45, 2.75) is 485 Å². The molecule has 3 N–H and O–H groups in total. The highest BCUT2D eigenvalue weighted by atomic mass is 31.2. The monoisotopic (exact) mass is 1580 g/mol. The molecule has 0 bridgehead atoms. The van der Waals surface area contributed by atoms with Crippen molar-refractivity contribution in [2.75, 3.05) is 39.6 Å². The van der Waals surface area contributed by atoms with Gasteiger partial charge in [-0.1, -0.05) is 415 Å². The third kappa shape index (κ3) is 79.3. The van der Waals surface area contributed by atoms with Gasteiger partial charge in [0.2, 0.25) is 0 Å². The fourth-order valence-corrected chi connectivity index (χ4v) is 15.4. The Kier molecular flexibility index (Phi) is 76.2. The lowest BCUT2D eigenvalue weighted by Gasteiger charge is -2.21. The van der Waals surface area contributed by atoms with E-state index in [2.05, 4.69) is 55.4 Å². The van der Waals surface area contributed by atoms with Crippen molar-refractivity contribution in [3.63, 3.8) is 0 Å². The number of phosphoric ester groups is 2. The molecule has 0 spiro atoms. The van der Waals surface area contributed by atoms with Crippen LogP contribution in [0.15, 0.2) is 0 Å². The minimum Gasteiger partial charge on any atom is -0.462 e. The summed E-state index contributed by atoms with van der Waals surface area (Å²) in [6.45, 7) is 14.4. The third-order valence-electron chi connectivity index (χ3n) is 21.5. The summed E-state index contributed by atoms with van der Waals surface area (Å²) >= 11 is 0. The van der Waals surface area contributed by atoms with Crippen molar-refractivity contribution >= 4 is 39.5 Å². The molecule has 4 unspecified atom stereocenters. The van der Waals surface area contributed by atoms with E-state index in [1.165, 1.54) is 263 Å². The molecule has 0 saturated heterocycles. The van der Waals surface area contributed by atoms with Crippen molar-refractivity contribution < 1.29 is 80.2 Å². The first kappa shape index (κ1) is 106. The van der Waals surface area contributed by atoms with Crippen LogP contribution in [0.2, 0.25) is 0 Å². The molecule has 0 aromatic heterocycles. The minimum atomic E-state index is -4.97. The van der Waals surface area contributed by atoms with Crippen LogP contribution in [0.3, 0.4) is 0 Å². The van der Waals surface area contributed by atoms with Crippen molar-refractivity contribution in [1.82, 2.24) is 0 Å². The molecule has 0 aromatic carbocycles. The number of aliphatic hydroxyl groups is 1. The average molecular weight is 1580 g/mol. The Morgan fingerprint density at radius 1 is 0.259 bits per heavy atom. The van der Waals surface area contributed by atoms with E-state index in [0.29, 0.717) is 25.7 Å². The summed E-state index contributed by atoms with van der Waals surface area (Å²) in [6, 6.07) is 0. The molecule has 0 amide bonds. The Bertz CT molecular complexity index is 2100. The first-order chi connectivity index (χ1) is 52.2. The van der Waals surface area contributed by atoms with E-state index in [4.69, 9.17) is 37.0 Å². The molecule has 642 valence electrons. The van der Waals surface area contributed by atoms with Gasteiger partial charge in [-0.2, -0.15) is 0 Å².